The minimum absolute atomic E-state index is 0.106. The standard InChI is InChI=1S/C27H33N3O4/c1-4-33-23-8-6-5-7-19(23)16-30-25(31)22-15-24-21(13-14-34-24)29(22)17-27(30,3)26(32)28-20-11-9-18(2)10-12-20/h5-8,13-15,18,20H,4,9-12,16-17H2,1-3H3,(H,28,32)/t18?,20?,27-/m1/s1. The van der Waals surface area contributed by atoms with Gasteiger partial charge in [-0.3, -0.25) is 9.59 Å². The molecule has 1 aliphatic carbocycles. The first-order valence-corrected chi connectivity index (χ1v) is 12.3. The number of ether oxygens (including phenoxy) is 1. The summed E-state index contributed by atoms with van der Waals surface area (Å²) in [5, 5.41) is 3.29. The van der Waals surface area contributed by atoms with Crippen LogP contribution < -0.4 is 10.1 Å². The molecule has 5 rings (SSSR count). The third kappa shape index (κ3) is 3.87. The molecular weight excluding hydrogens is 430 g/mol. The summed E-state index contributed by atoms with van der Waals surface area (Å²) in [6, 6.07) is 11.5. The normalized spacial score (nSPS) is 24.8. The first-order chi connectivity index (χ1) is 16.4. The minimum Gasteiger partial charge on any atom is -0.494 e. The fourth-order valence-electron chi connectivity index (χ4n) is 5.37. The summed E-state index contributed by atoms with van der Waals surface area (Å²) in [5.41, 5.74) is 1.86. The molecule has 1 aliphatic heterocycles. The Bertz CT molecular complexity index is 1200. The average molecular weight is 464 g/mol. The van der Waals surface area contributed by atoms with E-state index in [0.717, 1.165) is 42.5 Å². The predicted octanol–water partition coefficient (Wildman–Crippen LogP) is 4.74. The van der Waals surface area contributed by atoms with Gasteiger partial charge < -0.3 is 23.9 Å². The molecule has 7 nitrogen and oxygen atoms in total. The van der Waals surface area contributed by atoms with Crippen LogP contribution in [0.5, 0.6) is 5.75 Å². The van der Waals surface area contributed by atoms with Crippen LogP contribution in [0.4, 0.5) is 0 Å². The van der Waals surface area contributed by atoms with Crippen LogP contribution in [-0.2, 0) is 17.9 Å². The van der Waals surface area contributed by atoms with Gasteiger partial charge in [-0.2, -0.15) is 0 Å². The molecule has 180 valence electrons. The second kappa shape index (κ2) is 8.85. The summed E-state index contributed by atoms with van der Waals surface area (Å²) in [5.74, 6) is 1.14. The van der Waals surface area contributed by atoms with Crippen molar-refractivity contribution < 1.29 is 18.7 Å². The third-order valence-corrected chi connectivity index (χ3v) is 7.49. The van der Waals surface area contributed by atoms with Gasteiger partial charge in [0.2, 0.25) is 5.91 Å². The van der Waals surface area contributed by atoms with E-state index in [1.54, 1.807) is 17.2 Å². The van der Waals surface area contributed by atoms with Crippen LogP contribution in [0.2, 0.25) is 0 Å². The molecule has 1 N–H and O–H groups in total. The lowest BCUT2D eigenvalue weighted by atomic mass is 9.86. The SMILES string of the molecule is CCOc1ccccc1CN1C(=O)c2cc3occc3n2C[C@]1(C)C(=O)NC1CCC(C)CC1. The van der Waals surface area contributed by atoms with Crippen LogP contribution in [0.15, 0.2) is 47.1 Å². The minimum atomic E-state index is -1.06. The lowest BCUT2D eigenvalue weighted by Crippen LogP contribution is -2.64. The zero-order valence-electron chi connectivity index (χ0n) is 20.2. The fraction of sp³-hybridized carbons (Fsp3) is 0.481. The molecule has 2 aliphatic rings. The molecular formula is C27H33N3O4. The van der Waals surface area contributed by atoms with Gasteiger partial charge in [-0.25, -0.2) is 0 Å². The van der Waals surface area contributed by atoms with Crippen LogP contribution in [-0.4, -0.2) is 39.5 Å². The summed E-state index contributed by atoms with van der Waals surface area (Å²) in [6.45, 7) is 7.26. The van der Waals surface area contributed by atoms with Crippen LogP contribution in [0, 0.1) is 5.92 Å². The maximum atomic E-state index is 13.9. The first kappa shape index (κ1) is 22.6. The molecule has 0 spiro atoms. The molecule has 1 fully saturated rings. The number of nitrogens with zero attached hydrogens (tertiary/aromatic N) is 2. The summed E-state index contributed by atoms with van der Waals surface area (Å²) in [7, 11) is 0. The highest BCUT2D eigenvalue weighted by molar-refractivity contribution is 6.02. The van der Waals surface area contributed by atoms with Gasteiger partial charge in [0.05, 0.1) is 31.5 Å². The van der Waals surface area contributed by atoms with E-state index in [9.17, 15) is 9.59 Å². The van der Waals surface area contributed by atoms with Crippen molar-refractivity contribution in [3.05, 3.63) is 53.9 Å². The number of fused-ring (bicyclic) bond motifs is 3. The number of para-hydroxylation sites is 1. The number of hydrogen-bond donors (Lipinski definition) is 1. The van der Waals surface area contributed by atoms with E-state index in [1.165, 1.54) is 0 Å². The molecule has 3 aromatic rings. The van der Waals surface area contributed by atoms with Crippen molar-refractivity contribution in [3.63, 3.8) is 0 Å². The van der Waals surface area contributed by atoms with E-state index < -0.39 is 5.54 Å². The summed E-state index contributed by atoms with van der Waals surface area (Å²) < 4.78 is 13.3. The van der Waals surface area contributed by atoms with Crippen LogP contribution >= 0.6 is 0 Å². The second-order valence-corrected chi connectivity index (χ2v) is 9.92. The quantitative estimate of drug-likeness (QED) is 0.573. The van der Waals surface area contributed by atoms with Gasteiger partial charge in [0.15, 0.2) is 5.58 Å². The van der Waals surface area contributed by atoms with E-state index in [0.29, 0.717) is 30.3 Å². The molecule has 1 atom stereocenters. The van der Waals surface area contributed by atoms with Crippen molar-refractivity contribution in [2.75, 3.05) is 6.61 Å². The van der Waals surface area contributed by atoms with E-state index in [2.05, 4.69) is 12.2 Å². The third-order valence-electron chi connectivity index (χ3n) is 7.49. The van der Waals surface area contributed by atoms with Crippen LogP contribution in [0.1, 0.15) is 62.5 Å². The smallest absolute Gasteiger partial charge is 0.271 e. The zero-order valence-corrected chi connectivity index (χ0v) is 20.2. The molecule has 3 heterocycles. The number of aromatic nitrogens is 1. The maximum Gasteiger partial charge on any atom is 0.271 e. The van der Waals surface area contributed by atoms with Crippen molar-refractivity contribution in [2.45, 2.75) is 71.1 Å². The maximum absolute atomic E-state index is 13.9. The molecule has 0 unspecified atom stereocenters. The van der Waals surface area contributed by atoms with Crippen molar-refractivity contribution >= 4 is 22.9 Å². The van der Waals surface area contributed by atoms with Crippen LogP contribution in [0.3, 0.4) is 0 Å². The topological polar surface area (TPSA) is 76.7 Å². The van der Waals surface area contributed by atoms with Gasteiger partial charge in [-0.1, -0.05) is 25.1 Å². The number of nitrogens with one attached hydrogen (secondary N) is 1. The number of rotatable bonds is 6. The number of carbonyl (C=O) groups excluding carboxylic acids is 2. The number of carbonyl (C=O) groups is 2. The number of furan rings is 1. The number of amides is 2. The van der Waals surface area contributed by atoms with Crippen molar-refractivity contribution in [2.24, 2.45) is 5.92 Å². The summed E-state index contributed by atoms with van der Waals surface area (Å²) in [6.07, 6.45) is 5.80. The Kier molecular flexibility index (Phi) is 5.88. The molecule has 2 aromatic heterocycles. The molecule has 1 saturated carbocycles. The van der Waals surface area contributed by atoms with E-state index >= 15 is 0 Å². The van der Waals surface area contributed by atoms with Gasteiger partial charge in [0, 0.05) is 23.7 Å². The lowest BCUT2D eigenvalue weighted by molar-refractivity contribution is -0.134. The lowest BCUT2D eigenvalue weighted by Gasteiger charge is -2.45. The summed E-state index contributed by atoms with van der Waals surface area (Å²) >= 11 is 0. The molecule has 0 saturated heterocycles. The predicted molar refractivity (Wildman–Crippen MR) is 130 cm³/mol. The Labute approximate surface area is 200 Å². The molecule has 1 aromatic carbocycles. The largest absolute Gasteiger partial charge is 0.494 e. The Morgan fingerprint density at radius 3 is 2.74 bits per heavy atom. The molecule has 7 heteroatoms. The van der Waals surface area contributed by atoms with Gasteiger partial charge in [-0.15, -0.1) is 0 Å². The first-order valence-electron chi connectivity index (χ1n) is 12.3. The van der Waals surface area contributed by atoms with Crippen molar-refractivity contribution in [1.82, 2.24) is 14.8 Å². The number of hydrogen-bond acceptors (Lipinski definition) is 4. The van der Waals surface area contributed by atoms with E-state index in [-0.39, 0.29) is 24.4 Å². The highest BCUT2D eigenvalue weighted by Gasteiger charge is 2.48. The van der Waals surface area contributed by atoms with E-state index in [4.69, 9.17) is 9.15 Å². The Morgan fingerprint density at radius 2 is 1.97 bits per heavy atom. The molecule has 2 amide bonds. The fourth-order valence-corrected chi connectivity index (χ4v) is 5.37. The van der Waals surface area contributed by atoms with Gasteiger partial charge >= 0.3 is 0 Å². The van der Waals surface area contributed by atoms with E-state index in [1.807, 2.05) is 48.7 Å². The molecule has 0 radical (unpaired) electrons. The van der Waals surface area contributed by atoms with Gasteiger partial charge in [0.25, 0.3) is 5.91 Å². The van der Waals surface area contributed by atoms with Crippen molar-refractivity contribution in [1.29, 1.82) is 0 Å². The average Bonchev–Trinajstić information content (AvgIpc) is 3.42. The van der Waals surface area contributed by atoms with Crippen LogP contribution in [0.25, 0.3) is 11.1 Å². The highest BCUT2D eigenvalue weighted by atomic mass is 16.5. The van der Waals surface area contributed by atoms with Gasteiger partial charge in [0.1, 0.15) is 17.0 Å². The Hall–Kier alpha value is -3.22. The van der Waals surface area contributed by atoms with Crippen molar-refractivity contribution in [3.8, 4) is 5.75 Å². The summed E-state index contributed by atoms with van der Waals surface area (Å²) in [4.78, 5) is 29.4. The highest BCUT2D eigenvalue weighted by Crippen LogP contribution is 2.35. The molecule has 34 heavy (non-hydrogen) atoms. The Morgan fingerprint density at radius 1 is 1.21 bits per heavy atom. The zero-order chi connectivity index (χ0) is 23.9. The monoisotopic (exact) mass is 463 g/mol. The molecule has 0 bridgehead atoms. The number of benzene rings is 1. The second-order valence-electron chi connectivity index (χ2n) is 9.92. The van der Waals surface area contributed by atoms with Gasteiger partial charge in [-0.05, 0) is 51.5 Å². The Balaban J connectivity index is 1.51.